The van der Waals surface area contributed by atoms with Crippen molar-refractivity contribution in [1.82, 2.24) is 9.88 Å². The van der Waals surface area contributed by atoms with Crippen molar-refractivity contribution in [2.75, 3.05) is 18.4 Å². The van der Waals surface area contributed by atoms with E-state index in [4.69, 9.17) is 10.5 Å². The molecule has 0 aliphatic carbocycles. The van der Waals surface area contributed by atoms with Crippen LogP contribution in [-0.4, -0.2) is 40.7 Å². The van der Waals surface area contributed by atoms with Crippen molar-refractivity contribution in [2.45, 2.75) is 12.3 Å². The first-order chi connectivity index (χ1) is 16.4. The molecule has 172 valence electrons. The van der Waals surface area contributed by atoms with Crippen LogP contribution in [-0.2, 0) is 4.79 Å². The number of nitrogens with zero attached hydrogens (tertiary/aromatic N) is 2. The van der Waals surface area contributed by atoms with Crippen molar-refractivity contribution in [2.24, 2.45) is 5.73 Å². The van der Waals surface area contributed by atoms with Crippen molar-refractivity contribution in [3.8, 4) is 11.6 Å². The quantitative estimate of drug-likeness (QED) is 0.526. The second kappa shape index (κ2) is 9.99. The number of anilines is 1. The van der Waals surface area contributed by atoms with E-state index in [2.05, 4.69) is 16.9 Å². The topological polar surface area (TPSA) is 115 Å². The van der Waals surface area contributed by atoms with E-state index in [-0.39, 0.29) is 29.2 Å². The predicted octanol–water partition coefficient (Wildman–Crippen LogP) is 3.73. The van der Waals surface area contributed by atoms with Gasteiger partial charge in [0.15, 0.2) is 0 Å². The fraction of sp³-hybridized carbons (Fsp3) is 0.154. The third-order valence-electron chi connectivity index (χ3n) is 5.60. The maximum Gasteiger partial charge on any atom is 0.255 e. The lowest BCUT2D eigenvalue weighted by Crippen LogP contribution is -2.26. The van der Waals surface area contributed by atoms with Crippen molar-refractivity contribution < 1.29 is 19.1 Å². The molecule has 1 aliphatic rings. The Morgan fingerprint density at radius 2 is 1.79 bits per heavy atom. The number of hydrogen-bond acceptors (Lipinski definition) is 5. The van der Waals surface area contributed by atoms with Crippen LogP contribution in [0, 0.1) is 0 Å². The Labute approximate surface area is 197 Å². The first kappa shape index (κ1) is 22.7. The number of hydrogen-bond donors (Lipinski definition) is 2. The summed E-state index contributed by atoms with van der Waals surface area (Å²) >= 11 is 0. The first-order valence-electron chi connectivity index (χ1n) is 10.8. The second-order valence-corrected chi connectivity index (χ2v) is 7.87. The molecule has 2 aromatic carbocycles. The smallest absolute Gasteiger partial charge is 0.255 e. The molecule has 0 bridgehead atoms. The van der Waals surface area contributed by atoms with Gasteiger partial charge in [-0.3, -0.25) is 14.4 Å². The van der Waals surface area contributed by atoms with Gasteiger partial charge in [-0.15, -0.1) is 0 Å². The average Bonchev–Trinajstić information content (AvgIpc) is 3.35. The van der Waals surface area contributed by atoms with Gasteiger partial charge in [0, 0.05) is 36.0 Å². The number of benzene rings is 2. The Hall–Kier alpha value is -4.46. The van der Waals surface area contributed by atoms with Gasteiger partial charge < -0.3 is 20.7 Å². The van der Waals surface area contributed by atoms with Gasteiger partial charge in [0.1, 0.15) is 11.3 Å². The zero-order valence-electron chi connectivity index (χ0n) is 18.4. The van der Waals surface area contributed by atoms with Crippen molar-refractivity contribution in [3.63, 3.8) is 0 Å². The highest BCUT2D eigenvalue weighted by Gasteiger charge is 2.28. The van der Waals surface area contributed by atoms with Gasteiger partial charge in [0.05, 0.1) is 0 Å². The van der Waals surface area contributed by atoms with Crippen LogP contribution in [0.2, 0.25) is 0 Å². The second-order valence-electron chi connectivity index (χ2n) is 7.87. The van der Waals surface area contributed by atoms with Gasteiger partial charge >= 0.3 is 0 Å². The first-order valence-corrected chi connectivity index (χ1v) is 10.8. The molecule has 3 N–H and O–H groups in total. The minimum absolute atomic E-state index is 0.0174. The Morgan fingerprint density at radius 3 is 2.47 bits per heavy atom. The number of carbonyl (C=O) groups is 3. The van der Waals surface area contributed by atoms with E-state index in [1.807, 2.05) is 6.07 Å². The number of rotatable bonds is 7. The van der Waals surface area contributed by atoms with Crippen molar-refractivity contribution in [1.29, 1.82) is 0 Å². The van der Waals surface area contributed by atoms with Crippen LogP contribution in [0.1, 0.15) is 38.7 Å². The standard InChI is InChI=1S/C26H24N4O4/c1-2-23(31)30-15-14-18(16-30)22-13-12-21(24(27)32)26(29-22)34-20-10-8-19(9-11-20)28-25(33)17-6-4-3-5-7-17/h2-13,18H,1,14-16H2,(H2,27,32)(H,28,33). The summed E-state index contributed by atoms with van der Waals surface area (Å²) in [6.07, 6.45) is 2.05. The monoisotopic (exact) mass is 456 g/mol. The van der Waals surface area contributed by atoms with E-state index in [0.717, 1.165) is 6.42 Å². The normalized spacial score (nSPS) is 14.9. The van der Waals surface area contributed by atoms with Crippen LogP contribution in [0.5, 0.6) is 11.6 Å². The van der Waals surface area contributed by atoms with Gasteiger partial charge in [0.2, 0.25) is 11.8 Å². The van der Waals surface area contributed by atoms with Crippen LogP contribution in [0.15, 0.2) is 79.4 Å². The summed E-state index contributed by atoms with van der Waals surface area (Å²) in [6, 6.07) is 18.9. The highest BCUT2D eigenvalue weighted by Crippen LogP contribution is 2.31. The lowest BCUT2D eigenvalue weighted by molar-refractivity contribution is -0.125. The van der Waals surface area contributed by atoms with E-state index in [0.29, 0.717) is 35.8 Å². The summed E-state index contributed by atoms with van der Waals surface area (Å²) in [7, 11) is 0. The zero-order chi connectivity index (χ0) is 24.1. The summed E-state index contributed by atoms with van der Waals surface area (Å²) < 4.78 is 5.89. The summed E-state index contributed by atoms with van der Waals surface area (Å²) in [6.45, 7) is 4.66. The molecule has 8 heteroatoms. The Balaban J connectivity index is 1.49. The minimum atomic E-state index is -0.657. The number of carbonyl (C=O) groups excluding carboxylic acids is 3. The molecule has 0 radical (unpaired) electrons. The van der Waals surface area contributed by atoms with E-state index < -0.39 is 5.91 Å². The average molecular weight is 457 g/mol. The van der Waals surface area contributed by atoms with Crippen LogP contribution in [0.4, 0.5) is 5.69 Å². The van der Waals surface area contributed by atoms with E-state index in [9.17, 15) is 14.4 Å². The molecule has 34 heavy (non-hydrogen) atoms. The number of pyridine rings is 1. The third-order valence-corrected chi connectivity index (χ3v) is 5.60. The fourth-order valence-corrected chi connectivity index (χ4v) is 3.79. The van der Waals surface area contributed by atoms with Crippen LogP contribution in [0.3, 0.4) is 0 Å². The number of amides is 3. The van der Waals surface area contributed by atoms with Crippen molar-refractivity contribution in [3.05, 3.63) is 96.2 Å². The molecule has 1 aromatic heterocycles. The molecular formula is C26H24N4O4. The molecule has 3 amide bonds. The molecule has 3 aromatic rings. The predicted molar refractivity (Wildman–Crippen MR) is 128 cm³/mol. The van der Waals surface area contributed by atoms with Crippen molar-refractivity contribution >= 4 is 23.4 Å². The van der Waals surface area contributed by atoms with E-state index >= 15 is 0 Å². The molecule has 1 fully saturated rings. The number of ether oxygens (including phenoxy) is 1. The molecule has 0 spiro atoms. The highest BCUT2D eigenvalue weighted by molar-refractivity contribution is 6.04. The summed E-state index contributed by atoms with van der Waals surface area (Å²) in [4.78, 5) is 42.4. The van der Waals surface area contributed by atoms with E-state index in [1.165, 1.54) is 6.08 Å². The maximum absolute atomic E-state index is 12.3. The molecule has 2 heterocycles. The molecular weight excluding hydrogens is 432 g/mol. The highest BCUT2D eigenvalue weighted by atomic mass is 16.5. The van der Waals surface area contributed by atoms with Gasteiger partial charge in [0.25, 0.3) is 11.8 Å². The van der Waals surface area contributed by atoms with Gasteiger partial charge in [-0.1, -0.05) is 24.8 Å². The summed E-state index contributed by atoms with van der Waals surface area (Å²) in [5, 5.41) is 2.82. The lowest BCUT2D eigenvalue weighted by atomic mass is 10.0. The summed E-state index contributed by atoms with van der Waals surface area (Å²) in [5.41, 5.74) is 7.53. The number of nitrogens with two attached hydrogens (primary N) is 1. The maximum atomic E-state index is 12.3. The Bertz CT molecular complexity index is 1230. The van der Waals surface area contributed by atoms with Gasteiger partial charge in [-0.05, 0) is 61.0 Å². The molecule has 4 rings (SSSR count). The largest absolute Gasteiger partial charge is 0.438 e. The van der Waals surface area contributed by atoms with Crippen LogP contribution >= 0.6 is 0 Å². The van der Waals surface area contributed by atoms with Gasteiger partial charge in [-0.2, -0.15) is 0 Å². The Morgan fingerprint density at radius 1 is 1.06 bits per heavy atom. The zero-order valence-corrected chi connectivity index (χ0v) is 18.4. The molecule has 0 saturated carbocycles. The van der Waals surface area contributed by atoms with Gasteiger partial charge in [-0.25, -0.2) is 4.98 Å². The molecule has 1 unspecified atom stereocenters. The SMILES string of the molecule is C=CC(=O)N1CCC(c2ccc(C(N)=O)c(Oc3ccc(NC(=O)c4ccccc4)cc3)n2)C1. The van der Waals surface area contributed by atoms with Crippen LogP contribution < -0.4 is 15.8 Å². The summed E-state index contributed by atoms with van der Waals surface area (Å²) in [5.74, 6) is -0.453. The molecule has 1 saturated heterocycles. The Kier molecular flexibility index (Phi) is 6.68. The fourth-order valence-electron chi connectivity index (χ4n) is 3.79. The van der Waals surface area contributed by atoms with E-state index in [1.54, 1.807) is 65.6 Å². The minimum Gasteiger partial charge on any atom is -0.438 e. The van der Waals surface area contributed by atoms with Crippen LogP contribution in [0.25, 0.3) is 0 Å². The molecule has 8 nitrogen and oxygen atoms in total. The number of primary amides is 1. The number of likely N-dealkylation sites (tertiary alicyclic amines) is 1. The lowest BCUT2D eigenvalue weighted by Gasteiger charge is -2.15. The third kappa shape index (κ3) is 5.12. The number of nitrogens with one attached hydrogen (secondary N) is 1. The molecule has 1 aliphatic heterocycles. The number of aromatic nitrogens is 1. The molecule has 1 atom stereocenters.